The van der Waals surface area contributed by atoms with Crippen molar-refractivity contribution in [3.05, 3.63) is 0 Å². The lowest BCUT2D eigenvalue weighted by atomic mass is 10.2. The van der Waals surface area contributed by atoms with Gasteiger partial charge in [0.25, 0.3) is 0 Å². The van der Waals surface area contributed by atoms with E-state index < -0.39 is 5.60 Å². The van der Waals surface area contributed by atoms with E-state index in [1.807, 2.05) is 0 Å². The lowest BCUT2D eigenvalue weighted by Gasteiger charge is -2.10. The number of hydrogen-bond donors (Lipinski definition) is 3. The molecule has 0 aromatic heterocycles. The van der Waals surface area contributed by atoms with Crippen molar-refractivity contribution in [2.45, 2.75) is 26.4 Å². The van der Waals surface area contributed by atoms with Gasteiger partial charge in [-0.3, -0.25) is 5.26 Å². The van der Waals surface area contributed by atoms with Crippen molar-refractivity contribution in [1.82, 2.24) is 0 Å². The average Bonchev–Trinajstić information content (AvgIpc) is 1.67. The van der Waals surface area contributed by atoms with Crippen LogP contribution in [0.2, 0.25) is 0 Å². The van der Waals surface area contributed by atoms with Crippen LogP contribution in [0.1, 0.15) is 20.8 Å². The summed E-state index contributed by atoms with van der Waals surface area (Å²) in [5.74, 6) is 0. The summed E-state index contributed by atoms with van der Waals surface area (Å²) in [5.41, 5.74) is -0.403. The van der Waals surface area contributed by atoms with Crippen molar-refractivity contribution in [3.63, 3.8) is 0 Å². The first-order chi connectivity index (χ1) is 3.97. The van der Waals surface area contributed by atoms with Gasteiger partial charge in [-0.05, 0) is 20.8 Å². The predicted octanol–water partition coefficient (Wildman–Crippen LogP) is 1.94. The minimum absolute atomic E-state index is 0.250. The van der Waals surface area contributed by atoms with E-state index >= 15 is 0 Å². The second kappa shape index (κ2) is 6.31. The third-order valence-corrected chi connectivity index (χ3v) is 0.274. The largest absolute Gasteiger partial charge is 0.307 e. The average molecular weight is 156 g/mol. The zero-order valence-corrected chi connectivity index (χ0v) is 6.47. The molecular weight excluding hydrogens is 144 g/mol. The molecule has 9 heavy (non-hydrogen) atoms. The first-order valence-corrected chi connectivity index (χ1v) is 2.98. The zero-order valence-electron chi connectivity index (χ0n) is 5.66. The van der Waals surface area contributed by atoms with E-state index in [1.54, 1.807) is 20.8 Å². The van der Waals surface area contributed by atoms with Gasteiger partial charge in [0.05, 0.1) is 5.60 Å². The molecule has 0 aromatic rings. The third-order valence-electron chi connectivity index (χ3n) is 0.274. The molecule has 5 heteroatoms. The molecule has 0 bridgehead atoms. The zero-order chi connectivity index (χ0) is 7.91. The van der Waals surface area contributed by atoms with Crippen molar-refractivity contribution >= 4 is 12.3 Å². The Labute approximate surface area is 58.8 Å². The molecule has 0 rings (SSSR count). The molecule has 58 valence electrons. The van der Waals surface area contributed by atoms with Crippen molar-refractivity contribution in [2.75, 3.05) is 0 Å². The number of hydrogen-bond acceptors (Lipinski definition) is 5. The summed E-state index contributed by atoms with van der Waals surface area (Å²) in [6, 6.07) is 0. The molecule has 0 aliphatic rings. The van der Waals surface area contributed by atoms with Crippen LogP contribution in [0.4, 0.5) is 0 Å². The molecule has 0 heterocycles. The maximum Gasteiger partial charge on any atom is 0.152 e. The number of rotatable bonds is 0. The highest BCUT2D eigenvalue weighted by atomic mass is 32.2. The van der Waals surface area contributed by atoms with Gasteiger partial charge in [0.2, 0.25) is 0 Å². The highest BCUT2D eigenvalue weighted by molar-refractivity contribution is 7.87. The molecule has 0 saturated heterocycles. The monoisotopic (exact) mass is 156 g/mol. The standard InChI is InChI=1S/C4H10O2.H2O2S/c1-4(2,3)6-5;1-3-2/h5H,1-3H3;1-2H. The molecule has 0 amide bonds. The van der Waals surface area contributed by atoms with E-state index in [1.165, 1.54) is 0 Å². The van der Waals surface area contributed by atoms with Gasteiger partial charge in [0.15, 0.2) is 12.3 Å². The fraction of sp³-hybridized carbons (Fsp3) is 1.00. The normalized spacial score (nSPS) is 10.0. The second-order valence-corrected chi connectivity index (χ2v) is 2.45. The Morgan fingerprint density at radius 3 is 1.33 bits per heavy atom. The van der Waals surface area contributed by atoms with Gasteiger partial charge in [-0.2, -0.15) is 0 Å². The maximum atomic E-state index is 7.90. The summed E-state index contributed by atoms with van der Waals surface area (Å²) in [4.78, 5) is 3.94. The quantitative estimate of drug-likeness (QED) is 0.284. The Bertz CT molecular complexity index is 51.0. The van der Waals surface area contributed by atoms with Crippen LogP contribution in [0.25, 0.3) is 0 Å². The van der Waals surface area contributed by atoms with Crippen LogP contribution in [0, 0.1) is 0 Å². The lowest BCUT2D eigenvalue weighted by molar-refractivity contribution is -0.306. The van der Waals surface area contributed by atoms with Gasteiger partial charge in [0, 0.05) is 0 Å². The fourth-order valence-electron chi connectivity index (χ4n) is 0. The van der Waals surface area contributed by atoms with Gasteiger partial charge < -0.3 is 9.11 Å². The van der Waals surface area contributed by atoms with Crippen molar-refractivity contribution in [3.8, 4) is 0 Å². The molecule has 0 spiro atoms. The first-order valence-electron chi connectivity index (χ1n) is 2.25. The Morgan fingerprint density at radius 1 is 1.22 bits per heavy atom. The van der Waals surface area contributed by atoms with E-state index in [9.17, 15) is 0 Å². The van der Waals surface area contributed by atoms with E-state index in [-0.39, 0.29) is 12.3 Å². The van der Waals surface area contributed by atoms with Crippen LogP contribution in [-0.4, -0.2) is 20.0 Å². The Morgan fingerprint density at radius 2 is 1.33 bits per heavy atom. The van der Waals surface area contributed by atoms with Crippen molar-refractivity contribution < 1.29 is 19.3 Å². The highest BCUT2D eigenvalue weighted by Crippen LogP contribution is 2.01. The SMILES string of the molecule is CC(C)(C)OO.OSO. The van der Waals surface area contributed by atoms with Crippen molar-refractivity contribution in [2.24, 2.45) is 0 Å². The Hall–Kier alpha value is 0.190. The Kier molecular flexibility index (Phi) is 8.36. The van der Waals surface area contributed by atoms with Gasteiger partial charge in [-0.25, -0.2) is 4.89 Å². The fourth-order valence-corrected chi connectivity index (χ4v) is 0. The third kappa shape index (κ3) is 30.8. The van der Waals surface area contributed by atoms with E-state index in [0.717, 1.165) is 0 Å². The lowest BCUT2D eigenvalue weighted by Crippen LogP contribution is -2.15. The van der Waals surface area contributed by atoms with Crippen LogP contribution in [0.5, 0.6) is 0 Å². The van der Waals surface area contributed by atoms with Gasteiger partial charge in [0.1, 0.15) is 0 Å². The highest BCUT2D eigenvalue weighted by Gasteiger charge is 2.06. The van der Waals surface area contributed by atoms with E-state index in [2.05, 4.69) is 4.89 Å². The van der Waals surface area contributed by atoms with Crippen LogP contribution in [0.3, 0.4) is 0 Å². The van der Waals surface area contributed by atoms with Crippen LogP contribution in [-0.2, 0) is 4.89 Å². The first kappa shape index (κ1) is 11.9. The van der Waals surface area contributed by atoms with Crippen molar-refractivity contribution in [1.29, 1.82) is 0 Å². The van der Waals surface area contributed by atoms with E-state index in [0.29, 0.717) is 0 Å². The molecule has 0 saturated carbocycles. The minimum atomic E-state index is -0.403. The minimum Gasteiger partial charge on any atom is -0.307 e. The molecule has 0 aromatic carbocycles. The summed E-state index contributed by atoms with van der Waals surface area (Å²) < 4.78 is 14.1. The molecule has 0 radical (unpaired) electrons. The predicted molar refractivity (Wildman–Crippen MR) is 36.3 cm³/mol. The molecule has 4 nitrogen and oxygen atoms in total. The molecule has 0 unspecified atom stereocenters. The maximum absolute atomic E-state index is 7.90. The van der Waals surface area contributed by atoms with Crippen LogP contribution in [0.15, 0.2) is 0 Å². The van der Waals surface area contributed by atoms with Gasteiger partial charge >= 0.3 is 0 Å². The molecule has 3 N–H and O–H groups in total. The molecular formula is C4H12O4S. The van der Waals surface area contributed by atoms with Gasteiger partial charge in [-0.15, -0.1) is 0 Å². The smallest absolute Gasteiger partial charge is 0.152 e. The molecule has 0 aliphatic carbocycles. The van der Waals surface area contributed by atoms with Gasteiger partial charge in [-0.1, -0.05) is 0 Å². The summed E-state index contributed by atoms with van der Waals surface area (Å²) >= 11 is -0.250. The summed E-state index contributed by atoms with van der Waals surface area (Å²) in [6.07, 6.45) is 0. The summed E-state index contributed by atoms with van der Waals surface area (Å²) in [5, 5.41) is 7.90. The summed E-state index contributed by atoms with van der Waals surface area (Å²) in [6.45, 7) is 5.31. The second-order valence-electron chi connectivity index (χ2n) is 2.29. The molecule has 0 aliphatic heterocycles. The Balaban J connectivity index is 0. The molecule has 0 atom stereocenters. The molecule has 0 fully saturated rings. The topological polar surface area (TPSA) is 69.9 Å². The van der Waals surface area contributed by atoms with Crippen LogP contribution < -0.4 is 0 Å². The van der Waals surface area contributed by atoms with E-state index in [4.69, 9.17) is 14.4 Å². The van der Waals surface area contributed by atoms with Crippen LogP contribution >= 0.6 is 12.3 Å². The summed E-state index contributed by atoms with van der Waals surface area (Å²) in [7, 11) is 0.